The highest BCUT2D eigenvalue weighted by Gasteiger charge is 1.96. The quantitative estimate of drug-likeness (QED) is 0.562. The summed E-state index contributed by atoms with van der Waals surface area (Å²) in [5, 5.41) is 0. The van der Waals surface area contributed by atoms with Crippen LogP contribution >= 0.6 is 8.73 Å². The van der Waals surface area contributed by atoms with Gasteiger partial charge in [0, 0.05) is 0 Å². The Bertz CT molecular complexity index is 29.6. The molecule has 0 bridgehead atoms. The number of rotatable bonds is 3. The zero-order valence-corrected chi connectivity index (χ0v) is 6.07. The second-order valence-corrected chi connectivity index (χ2v) is 2.83. The predicted octanol–water partition coefficient (Wildman–Crippen LogP) is 1.73. The number of hydrogen-bond donors (Lipinski definition) is 1. The highest BCUT2D eigenvalue weighted by Crippen LogP contribution is 2.15. The second kappa shape index (κ2) is 4.55. The van der Waals surface area contributed by atoms with Crippen molar-refractivity contribution in [1.82, 2.24) is 0 Å². The van der Waals surface area contributed by atoms with Crippen LogP contribution in [0.2, 0.25) is 0 Å². The van der Waals surface area contributed by atoms with Gasteiger partial charge in [-0.05, 0) is 18.5 Å². The molecule has 0 aliphatic carbocycles. The van der Waals surface area contributed by atoms with Crippen LogP contribution in [0, 0.1) is 0 Å². The Labute approximate surface area is 47.5 Å². The van der Waals surface area contributed by atoms with Crippen LogP contribution in [0.4, 0.5) is 0 Å². The second-order valence-electron chi connectivity index (χ2n) is 1.68. The first kappa shape index (κ1) is 7.39. The standard InChI is InChI=1S/C5H14NP/c1-3-5(4-2)7-6/h5,7H,3-4,6H2,1-2H3. The van der Waals surface area contributed by atoms with Gasteiger partial charge in [0.1, 0.15) is 0 Å². The molecule has 44 valence electrons. The molecule has 0 amide bonds. The summed E-state index contributed by atoms with van der Waals surface area (Å²) >= 11 is 0. The zero-order chi connectivity index (χ0) is 5.70. The molecule has 0 spiro atoms. The van der Waals surface area contributed by atoms with Crippen LogP contribution in [0.15, 0.2) is 0 Å². The fourth-order valence-electron chi connectivity index (χ4n) is 0.524. The smallest absolute Gasteiger partial charge is 0.0113 e. The molecule has 7 heavy (non-hydrogen) atoms. The van der Waals surface area contributed by atoms with Crippen molar-refractivity contribution >= 4 is 8.73 Å². The fourth-order valence-corrected chi connectivity index (χ4v) is 0.996. The number of hydrogen-bond acceptors (Lipinski definition) is 1. The monoisotopic (exact) mass is 119 g/mol. The Kier molecular flexibility index (Phi) is 4.80. The molecule has 0 fully saturated rings. The van der Waals surface area contributed by atoms with E-state index in [1.165, 1.54) is 12.8 Å². The van der Waals surface area contributed by atoms with Gasteiger partial charge in [-0.2, -0.15) is 0 Å². The summed E-state index contributed by atoms with van der Waals surface area (Å²) < 4.78 is 0. The minimum Gasteiger partial charge on any atom is -0.312 e. The largest absolute Gasteiger partial charge is 0.312 e. The molecule has 0 saturated heterocycles. The highest BCUT2D eigenvalue weighted by atomic mass is 31.1. The van der Waals surface area contributed by atoms with Crippen LogP contribution in [-0.2, 0) is 0 Å². The SMILES string of the molecule is CCC(CC)PN. The first-order valence-corrected chi connectivity index (χ1v) is 3.96. The van der Waals surface area contributed by atoms with Gasteiger partial charge in [0.25, 0.3) is 0 Å². The van der Waals surface area contributed by atoms with Crippen molar-refractivity contribution < 1.29 is 0 Å². The van der Waals surface area contributed by atoms with Gasteiger partial charge < -0.3 is 5.50 Å². The third-order valence-corrected chi connectivity index (χ3v) is 2.51. The first-order valence-electron chi connectivity index (χ1n) is 2.81. The van der Waals surface area contributed by atoms with Gasteiger partial charge in [0.15, 0.2) is 0 Å². The Balaban J connectivity index is 2.99. The minimum absolute atomic E-state index is 0.649. The summed E-state index contributed by atoms with van der Waals surface area (Å²) in [5.41, 5.74) is 6.21. The van der Waals surface area contributed by atoms with Crippen molar-refractivity contribution in [3.05, 3.63) is 0 Å². The molecule has 0 radical (unpaired) electrons. The lowest BCUT2D eigenvalue weighted by atomic mass is 10.3. The van der Waals surface area contributed by atoms with Gasteiger partial charge in [0.05, 0.1) is 0 Å². The topological polar surface area (TPSA) is 26.0 Å². The van der Waals surface area contributed by atoms with Crippen molar-refractivity contribution in [1.29, 1.82) is 0 Å². The van der Waals surface area contributed by atoms with E-state index in [-0.39, 0.29) is 0 Å². The van der Waals surface area contributed by atoms with E-state index in [1.54, 1.807) is 0 Å². The number of nitrogens with two attached hydrogens (primary N) is 1. The Morgan fingerprint density at radius 1 is 1.43 bits per heavy atom. The van der Waals surface area contributed by atoms with Gasteiger partial charge >= 0.3 is 0 Å². The first-order chi connectivity index (χ1) is 3.35. The van der Waals surface area contributed by atoms with Gasteiger partial charge in [-0.15, -0.1) is 0 Å². The third-order valence-electron chi connectivity index (χ3n) is 1.22. The Morgan fingerprint density at radius 2 is 1.86 bits per heavy atom. The van der Waals surface area contributed by atoms with Crippen molar-refractivity contribution in [2.24, 2.45) is 5.50 Å². The molecular weight excluding hydrogens is 105 g/mol. The van der Waals surface area contributed by atoms with Crippen LogP contribution in [0.5, 0.6) is 0 Å². The third kappa shape index (κ3) is 3.02. The van der Waals surface area contributed by atoms with E-state index in [0.29, 0.717) is 8.73 Å². The average molecular weight is 119 g/mol. The predicted molar refractivity (Wildman–Crippen MR) is 36.9 cm³/mol. The highest BCUT2D eigenvalue weighted by molar-refractivity contribution is 7.36. The zero-order valence-electron chi connectivity index (χ0n) is 5.07. The van der Waals surface area contributed by atoms with Gasteiger partial charge in [-0.3, -0.25) is 0 Å². The van der Waals surface area contributed by atoms with E-state index in [9.17, 15) is 0 Å². The molecule has 0 rings (SSSR count). The molecule has 0 aliphatic rings. The van der Waals surface area contributed by atoms with Crippen LogP contribution in [0.25, 0.3) is 0 Å². The summed E-state index contributed by atoms with van der Waals surface area (Å²) in [4.78, 5) is 0. The molecule has 0 aromatic rings. The molecule has 0 aromatic carbocycles. The van der Waals surface area contributed by atoms with Crippen molar-refractivity contribution in [3.8, 4) is 0 Å². The Morgan fingerprint density at radius 3 is 1.86 bits per heavy atom. The maximum atomic E-state index is 5.42. The summed E-state index contributed by atoms with van der Waals surface area (Å²) in [7, 11) is 0.649. The molecule has 0 heterocycles. The van der Waals surface area contributed by atoms with Crippen LogP contribution < -0.4 is 5.50 Å². The lowest BCUT2D eigenvalue weighted by Crippen LogP contribution is -1.98. The molecule has 0 aliphatic heterocycles. The molecule has 1 unspecified atom stereocenters. The van der Waals surface area contributed by atoms with Crippen LogP contribution in [-0.4, -0.2) is 5.66 Å². The van der Waals surface area contributed by atoms with Crippen molar-refractivity contribution in [2.45, 2.75) is 32.3 Å². The summed E-state index contributed by atoms with van der Waals surface area (Å²) in [5.74, 6) is 0. The van der Waals surface area contributed by atoms with Crippen LogP contribution in [0.3, 0.4) is 0 Å². The molecular formula is C5H14NP. The summed E-state index contributed by atoms with van der Waals surface area (Å²) in [6.07, 6.45) is 2.48. The van der Waals surface area contributed by atoms with Crippen molar-refractivity contribution in [3.63, 3.8) is 0 Å². The van der Waals surface area contributed by atoms with E-state index in [4.69, 9.17) is 5.50 Å². The van der Waals surface area contributed by atoms with E-state index < -0.39 is 0 Å². The molecule has 0 saturated carbocycles. The maximum Gasteiger partial charge on any atom is -0.0113 e. The lowest BCUT2D eigenvalue weighted by Gasteiger charge is -2.05. The van der Waals surface area contributed by atoms with Gasteiger partial charge in [-0.25, -0.2) is 0 Å². The van der Waals surface area contributed by atoms with Gasteiger partial charge in [0.2, 0.25) is 0 Å². The van der Waals surface area contributed by atoms with E-state index in [1.807, 2.05) is 0 Å². The normalized spacial score (nSPS) is 12.0. The Hall–Kier alpha value is 0.390. The van der Waals surface area contributed by atoms with Crippen LogP contribution in [0.1, 0.15) is 26.7 Å². The lowest BCUT2D eigenvalue weighted by molar-refractivity contribution is 0.787. The minimum atomic E-state index is 0.649. The van der Waals surface area contributed by atoms with E-state index in [2.05, 4.69) is 13.8 Å². The van der Waals surface area contributed by atoms with Gasteiger partial charge in [-0.1, -0.05) is 22.6 Å². The van der Waals surface area contributed by atoms with Crippen molar-refractivity contribution in [2.75, 3.05) is 0 Å². The molecule has 1 nitrogen and oxygen atoms in total. The van der Waals surface area contributed by atoms with E-state index >= 15 is 0 Å². The molecule has 2 heteroatoms. The van der Waals surface area contributed by atoms with E-state index in [0.717, 1.165) is 5.66 Å². The summed E-state index contributed by atoms with van der Waals surface area (Å²) in [6.45, 7) is 4.38. The molecule has 0 aromatic heterocycles. The average Bonchev–Trinajstić information content (AvgIpc) is 1.72. The maximum absolute atomic E-state index is 5.42. The molecule has 1 atom stereocenters. The fraction of sp³-hybridized carbons (Fsp3) is 1.00. The summed E-state index contributed by atoms with van der Waals surface area (Å²) in [6, 6.07) is 0. The molecule has 2 N–H and O–H groups in total.